The van der Waals surface area contributed by atoms with Gasteiger partial charge in [0.15, 0.2) is 0 Å². The molecule has 1 aromatic heterocycles. The molecule has 4 nitrogen and oxygen atoms in total. The zero-order valence-electron chi connectivity index (χ0n) is 8.40. The Labute approximate surface area is 105 Å². The molecule has 16 heavy (non-hydrogen) atoms. The molecule has 0 fully saturated rings. The smallest absolute Gasteiger partial charge is 0.269 e. The van der Waals surface area contributed by atoms with Crippen molar-refractivity contribution in [3.05, 3.63) is 39.3 Å². The number of hydrogen-bond acceptors (Lipinski definition) is 4. The van der Waals surface area contributed by atoms with Gasteiger partial charge in [-0.1, -0.05) is 20.4 Å². The topological polar surface area (TPSA) is 54.9 Å². The Hall–Kier alpha value is -1.27. The molecule has 6 heteroatoms. The van der Waals surface area contributed by atoms with Gasteiger partial charge in [0.2, 0.25) is 0 Å². The van der Waals surface area contributed by atoms with Gasteiger partial charge >= 0.3 is 0 Å². The lowest BCUT2D eigenvalue weighted by Gasteiger charge is -2.06. The molecule has 0 bridgehead atoms. The average molecular weight is 298 g/mol. The first kappa shape index (κ1) is 11.2. The summed E-state index contributed by atoms with van der Waals surface area (Å²) in [6.07, 6.45) is 1.45. The molecule has 0 spiro atoms. The van der Waals surface area contributed by atoms with E-state index in [1.54, 1.807) is 0 Å². The van der Waals surface area contributed by atoms with Gasteiger partial charge in [-0.05, 0) is 42.2 Å². The van der Waals surface area contributed by atoms with Crippen molar-refractivity contribution < 1.29 is 4.79 Å². The summed E-state index contributed by atoms with van der Waals surface area (Å²) in [6.45, 7) is 1.94. The summed E-state index contributed by atoms with van der Waals surface area (Å²) in [4.78, 5) is 12.2. The summed E-state index contributed by atoms with van der Waals surface area (Å²) in [5.74, 6) is -0.180. The van der Waals surface area contributed by atoms with Crippen LogP contribution in [0.15, 0.2) is 28.9 Å². The first-order valence-corrected chi connectivity index (χ1v) is 6.08. The number of benzene rings is 1. The van der Waals surface area contributed by atoms with Crippen molar-refractivity contribution in [2.45, 2.75) is 6.92 Å². The van der Waals surface area contributed by atoms with Crippen LogP contribution in [-0.4, -0.2) is 15.5 Å². The fourth-order valence-electron chi connectivity index (χ4n) is 1.22. The molecule has 0 saturated carbocycles. The van der Waals surface area contributed by atoms with E-state index >= 15 is 0 Å². The Morgan fingerprint density at radius 3 is 2.94 bits per heavy atom. The van der Waals surface area contributed by atoms with E-state index in [4.69, 9.17) is 0 Å². The lowest BCUT2D eigenvalue weighted by molar-refractivity contribution is 0.103. The number of anilines is 1. The molecule has 0 unspecified atom stereocenters. The lowest BCUT2D eigenvalue weighted by Crippen LogP contribution is -2.11. The van der Waals surface area contributed by atoms with Crippen molar-refractivity contribution in [1.29, 1.82) is 0 Å². The molecule has 2 rings (SSSR count). The minimum atomic E-state index is -0.180. The molecule has 0 aliphatic rings. The second kappa shape index (κ2) is 4.71. The minimum absolute atomic E-state index is 0.180. The summed E-state index contributed by atoms with van der Waals surface area (Å²) >= 11 is 4.45. The molecule has 1 heterocycles. The van der Waals surface area contributed by atoms with E-state index in [0.29, 0.717) is 4.88 Å². The molecule has 82 valence electrons. The zero-order valence-corrected chi connectivity index (χ0v) is 10.8. The highest BCUT2D eigenvalue weighted by Gasteiger charge is 2.09. The average Bonchev–Trinajstić information content (AvgIpc) is 2.75. The van der Waals surface area contributed by atoms with Gasteiger partial charge in [0.25, 0.3) is 5.91 Å². The number of aryl methyl sites for hydroxylation is 1. The number of carbonyl (C=O) groups is 1. The maximum Gasteiger partial charge on any atom is 0.269 e. The third-order valence-electron chi connectivity index (χ3n) is 2.02. The van der Waals surface area contributed by atoms with E-state index in [-0.39, 0.29) is 5.91 Å². The maximum atomic E-state index is 11.7. The maximum absolute atomic E-state index is 11.7. The molecule has 0 aliphatic heterocycles. The predicted octanol–water partition coefficient (Wildman–Crippen LogP) is 2.86. The van der Waals surface area contributed by atoms with Crippen molar-refractivity contribution in [2.24, 2.45) is 0 Å². The second-order valence-corrected chi connectivity index (χ2v) is 4.90. The minimum Gasteiger partial charge on any atom is -0.321 e. The number of halogens is 1. The molecule has 0 saturated heterocycles. The van der Waals surface area contributed by atoms with E-state index in [9.17, 15) is 4.79 Å². The summed E-state index contributed by atoms with van der Waals surface area (Å²) in [6, 6.07) is 5.68. The third kappa shape index (κ3) is 2.45. The highest BCUT2D eigenvalue weighted by atomic mass is 79.9. The van der Waals surface area contributed by atoms with Crippen LogP contribution in [-0.2, 0) is 0 Å². The molecular formula is C10H8BrN3OS. The van der Waals surface area contributed by atoms with Crippen molar-refractivity contribution in [3.63, 3.8) is 0 Å². The highest BCUT2D eigenvalue weighted by molar-refractivity contribution is 9.10. The van der Waals surface area contributed by atoms with Gasteiger partial charge < -0.3 is 5.32 Å². The van der Waals surface area contributed by atoms with Crippen LogP contribution in [0, 0.1) is 6.92 Å². The van der Waals surface area contributed by atoms with Crippen LogP contribution < -0.4 is 5.32 Å². The number of amides is 1. The molecule has 0 radical (unpaired) electrons. The SMILES string of the molecule is Cc1cc(Br)ccc1NC(=O)c1cnns1. The molecule has 1 aromatic carbocycles. The third-order valence-corrected chi connectivity index (χ3v) is 3.18. The molecule has 2 aromatic rings. The lowest BCUT2D eigenvalue weighted by atomic mass is 10.2. The van der Waals surface area contributed by atoms with Crippen LogP contribution in [0.4, 0.5) is 5.69 Å². The molecule has 0 aliphatic carbocycles. The Bertz CT molecular complexity index is 513. The zero-order chi connectivity index (χ0) is 11.5. The highest BCUT2D eigenvalue weighted by Crippen LogP contribution is 2.20. The Balaban J connectivity index is 2.18. The van der Waals surface area contributed by atoms with Gasteiger partial charge in [0, 0.05) is 10.2 Å². The fourth-order valence-corrected chi connectivity index (χ4v) is 2.10. The quantitative estimate of drug-likeness (QED) is 0.927. The fraction of sp³-hybridized carbons (Fsp3) is 0.100. The number of nitrogens with zero attached hydrogens (tertiary/aromatic N) is 2. The van der Waals surface area contributed by atoms with E-state index in [2.05, 4.69) is 30.8 Å². The van der Waals surface area contributed by atoms with Crippen LogP contribution in [0.25, 0.3) is 0 Å². The summed E-state index contributed by atoms with van der Waals surface area (Å²) < 4.78 is 4.63. The van der Waals surface area contributed by atoms with Crippen LogP contribution in [0.1, 0.15) is 15.2 Å². The van der Waals surface area contributed by atoms with E-state index in [0.717, 1.165) is 27.3 Å². The van der Waals surface area contributed by atoms with Gasteiger partial charge in [-0.3, -0.25) is 4.79 Å². The van der Waals surface area contributed by atoms with Gasteiger partial charge in [0.05, 0.1) is 6.20 Å². The van der Waals surface area contributed by atoms with Crippen LogP contribution in [0.5, 0.6) is 0 Å². The van der Waals surface area contributed by atoms with Crippen LogP contribution in [0.3, 0.4) is 0 Å². The number of rotatable bonds is 2. The number of nitrogens with one attached hydrogen (secondary N) is 1. The number of aromatic nitrogens is 2. The van der Waals surface area contributed by atoms with Gasteiger partial charge in [-0.15, -0.1) is 5.10 Å². The van der Waals surface area contributed by atoms with Gasteiger partial charge in [0.1, 0.15) is 4.88 Å². The first-order valence-electron chi connectivity index (χ1n) is 4.51. The predicted molar refractivity (Wildman–Crippen MR) is 66.7 cm³/mol. The van der Waals surface area contributed by atoms with Crippen molar-refractivity contribution in [1.82, 2.24) is 9.59 Å². The molecule has 1 N–H and O–H groups in total. The van der Waals surface area contributed by atoms with Gasteiger partial charge in [-0.25, -0.2) is 0 Å². The Kier molecular flexibility index (Phi) is 3.31. The van der Waals surface area contributed by atoms with Crippen LogP contribution >= 0.6 is 27.5 Å². The molecule has 1 amide bonds. The van der Waals surface area contributed by atoms with Crippen molar-refractivity contribution in [2.75, 3.05) is 5.32 Å². The van der Waals surface area contributed by atoms with E-state index in [1.807, 2.05) is 25.1 Å². The number of carbonyl (C=O) groups excluding carboxylic acids is 1. The molecule has 0 atom stereocenters. The van der Waals surface area contributed by atoms with Crippen molar-refractivity contribution in [3.8, 4) is 0 Å². The second-order valence-electron chi connectivity index (χ2n) is 3.20. The van der Waals surface area contributed by atoms with E-state index < -0.39 is 0 Å². The summed E-state index contributed by atoms with van der Waals surface area (Å²) in [5.41, 5.74) is 1.79. The first-order chi connectivity index (χ1) is 7.66. The normalized spacial score (nSPS) is 10.1. The number of hydrogen-bond donors (Lipinski definition) is 1. The van der Waals surface area contributed by atoms with Gasteiger partial charge in [-0.2, -0.15) is 0 Å². The summed E-state index contributed by atoms with van der Waals surface area (Å²) in [7, 11) is 0. The monoisotopic (exact) mass is 297 g/mol. The largest absolute Gasteiger partial charge is 0.321 e. The van der Waals surface area contributed by atoms with Crippen LogP contribution in [0.2, 0.25) is 0 Å². The van der Waals surface area contributed by atoms with Crippen molar-refractivity contribution >= 4 is 39.1 Å². The standard InChI is InChI=1S/C10H8BrN3OS/c1-6-4-7(11)2-3-8(6)13-10(15)9-5-12-14-16-9/h2-5H,1H3,(H,13,15). The summed E-state index contributed by atoms with van der Waals surface area (Å²) in [5, 5.41) is 6.43. The Morgan fingerprint density at radius 2 is 2.31 bits per heavy atom. The van der Waals surface area contributed by atoms with E-state index in [1.165, 1.54) is 6.20 Å². The molecular weight excluding hydrogens is 290 g/mol. The Morgan fingerprint density at radius 1 is 1.50 bits per heavy atom.